The third kappa shape index (κ3) is 7.60. The first-order valence-corrected chi connectivity index (χ1v) is 14.4. The monoisotopic (exact) mass is 551 g/mol. The van der Waals surface area contributed by atoms with E-state index in [9.17, 15) is 18.0 Å². The van der Waals surface area contributed by atoms with E-state index < -0.39 is 28.5 Å². The Bertz CT molecular complexity index is 1340. The Morgan fingerprint density at radius 3 is 2.10 bits per heavy atom. The van der Waals surface area contributed by atoms with E-state index in [1.54, 1.807) is 49.4 Å². The molecule has 0 aliphatic carbocycles. The van der Waals surface area contributed by atoms with Crippen LogP contribution in [-0.2, 0) is 26.2 Å². The van der Waals surface area contributed by atoms with E-state index >= 15 is 0 Å². The van der Waals surface area contributed by atoms with E-state index in [4.69, 9.17) is 4.74 Å². The predicted molar refractivity (Wildman–Crippen MR) is 153 cm³/mol. The molecule has 2 atom stereocenters. The highest BCUT2D eigenvalue weighted by Gasteiger charge is 2.32. The minimum absolute atomic E-state index is 0.0209. The molecular weight excluding hydrogens is 514 g/mol. The summed E-state index contributed by atoms with van der Waals surface area (Å²) in [6.07, 6.45) is 0.742. The number of nitrogens with one attached hydrogen (secondary N) is 1. The summed E-state index contributed by atoms with van der Waals surface area (Å²) in [6.45, 7) is 7.16. The Kier molecular flexibility index (Phi) is 10.1. The van der Waals surface area contributed by atoms with Gasteiger partial charge in [-0.3, -0.25) is 13.9 Å². The molecule has 0 unspecified atom stereocenters. The molecule has 0 spiro atoms. The zero-order valence-electron chi connectivity index (χ0n) is 23.1. The summed E-state index contributed by atoms with van der Waals surface area (Å²) < 4.78 is 33.9. The van der Waals surface area contributed by atoms with E-state index in [-0.39, 0.29) is 23.4 Å². The Morgan fingerprint density at radius 2 is 1.54 bits per heavy atom. The van der Waals surface area contributed by atoms with Gasteiger partial charge in [0.15, 0.2) is 0 Å². The van der Waals surface area contributed by atoms with Gasteiger partial charge in [-0.1, -0.05) is 55.0 Å². The fourth-order valence-corrected chi connectivity index (χ4v) is 5.35. The van der Waals surface area contributed by atoms with Crippen LogP contribution in [0.5, 0.6) is 5.75 Å². The molecule has 0 heterocycles. The molecule has 0 aliphatic heterocycles. The van der Waals surface area contributed by atoms with Crippen molar-refractivity contribution in [1.29, 1.82) is 0 Å². The van der Waals surface area contributed by atoms with Gasteiger partial charge in [0.2, 0.25) is 11.8 Å². The number of rotatable bonds is 12. The Balaban J connectivity index is 1.99. The summed E-state index contributed by atoms with van der Waals surface area (Å²) >= 11 is 0. The molecule has 0 bridgehead atoms. The zero-order chi connectivity index (χ0) is 28.6. The van der Waals surface area contributed by atoms with Crippen molar-refractivity contribution in [2.24, 2.45) is 0 Å². The molecular formula is C30H37N3O5S. The molecule has 1 N–H and O–H groups in total. The van der Waals surface area contributed by atoms with Gasteiger partial charge >= 0.3 is 0 Å². The molecule has 8 nitrogen and oxygen atoms in total. The number of hydrogen-bond donors (Lipinski definition) is 1. The minimum Gasteiger partial charge on any atom is -0.497 e. The number of nitrogens with zero attached hydrogens (tertiary/aromatic N) is 2. The fraction of sp³-hybridized carbons (Fsp3) is 0.333. The molecule has 0 saturated heterocycles. The number of sulfonamides is 1. The number of anilines is 1. The number of ether oxygens (including phenoxy) is 1. The van der Waals surface area contributed by atoms with Crippen molar-refractivity contribution in [1.82, 2.24) is 10.2 Å². The van der Waals surface area contributed by atoms with Crippen LogP contribution in [0.25, 0.3) is 0 Å². The largest absolute Gasteiger partial charge is 0.497 e. The topological polar surface area (TPSA) is 96.0 Å². The Labute approximate surface area is 231 Å². The molecule has 0 radical (unpaired) electrons. The molecule has 2 amide bonds. The second kappa shape index (κ2) is 13.3. The van der Waals surface area contributed by atoms with Gasteiger partial charge in [-0.15, -0.1) is 0 Å². The molecule has 3 rings (SSSR count). The number of aryl methyl sites for hydroxylation is 1. The number of carbonyl (C=O) groups excluding carboxylic acids is 2. The highest BCUT2D eigenvalue weighted by molar-refractivity contribution is 7.92. The van der Waals surface area contributed by atoms with Gasteiger partial charge in [0.1, 0.15) is 18.3 Å². The maximum atomic E-state index is 13.9. The van der Waals surface area contributed by atoms with Crippen LogP contribution < -0.4 is 14.4 Å². The summed E-state index contributed by atoms with van der Waals surface area (Å²) in [4.78, 5) is 28.4. The molecule has 39 heavy (non-hydrogen) atoms. The lowest BCUT2D eigenvalue weighted by Crippen LogP contribution is -2.52. The van der Waals surface area contributed by atoms with Crippen LogP contribution in [0.1, 0.15) is 38.3 Å². The highest BCUT2D eigenvalue weighted by atomic mass is 32.2. The third-order valence-corrected chi connectivity index (χ3v) is 8.40. The first kappa shape index (κ1) is 29.7. The number of benzene rings is 3. The number of carbonyl (C=O) groups is 2. The normalized spacial score (nSPS) is 12.7. The van der Waals surface area contributed by atoms with Crippen LogP contribution in [0.3, 0.4) is 0 Å². The molecule has 3 aromatic carbocycles. The zero-order valence-corrected chi connectivity index (χ0v) is 23.9. The molecule has 0 fully saturated rings. The van der Waals surface area contributed by atoms with Gasteiger partial charge in [-0.2, -0.15) is 0 Å². The van der Waals surface area contributed by atoms with E-state index in [1.165, 1.54) is 24.1 Å². The van der Waals surface area contributed by atoms with E-state index in [0.29, 0.717) is 11.4 Å². The van der Waals surface area contributed by atoms with Crippen LogP contribution in [0, 0.1) is 6.92 Å². The van der Waals surface area contributed by atoms with Crippen LogP contribution in [0.15, 0.2) is 83.8 Å². The van der Waals surface area contributed by atoms with Crippen molar-refractivity contribution in [3.8, 4) is 5.75 Å². The van der Waals surface area contributed by atoms with Crippen LogP contribution >= 0.6 is 0 Å². The van der Waals surface area contributed by atoms with Crippen molar-refractivity contribution < 1.29 is 22.7 Å². The van der Waals surface area contributed by atoms with Crippen molar-refractivity contribution in [2.75, 3.05) is 18.0 Å². The molecule has 9 heteroatoms. The quantitative estimate of drug-likeness (QED) is 0.357. The maximum Gasteiger partial charge on any atom is 0.264 e. The van der Waals surface area contributed by atoms with Crippen LogP contribution in [-0.4, -0.2) is 50.9 Å². The van der Waals surface area contributed by atoms with Gasteiger partial charge < -0.3 is 15.0 Å². The van der Waals surface area contributed by atoms with Crippen molar-refractivity contribution >= 4 is 27.5 Å². The first-order valence-electron chi connectivity index (χ1n) is 12.9. The van der Waals surface area contributed by atoms with E-state index in [0.717, 1.165) is 21.9 Å². The summed E-state index contributed by atoms with van der Waals surface area (Å²) in [5.74, 6) is -0.279. The number of amides is 2. The average molecular weight is 552 g/mol. The smallest absolute Gasteiger partial charge is 0.264 e. The van der Waals surface area contributed by atoms with Crippen molar-refractivity contribution in [3.63, 3.8) is 0 Å². The lowest BCUT2D eigenvalue weighted by Gasteiger charge is -2.32. The number of hydrogen-bond acceptors (Lipinski definition) is 5. The summed E-state index contributed by atoms with van der Waals surface area (Å²) in [6, 6.07) is 21.3. The Morgan fingerprint density at radius 1 is 0.923 bits per heavy atom. The van der Waals surface area contributed by atoms with Crippen molar-refractivity contribution in [3.05, 3.63) is 90.0 Å². The minimum atomic E-state index is -4.13. The van der Waals surface area contributed by atoms with Gasteiger partial charge in [0, 0.05) is 12.6 Å². The molecule has 0 aliphatic rings. The summed E-state index contributed by atoms with van der Waals surface area (Å²) in [7, 11) is -2.63. The SMILES string of the molecule is CC[C@H](C)NC(=O)[C@H](C)N(Cc1ccc(C)cc1)C(=O)CN(c1ccccc1)S(=O)(=O)c1ccc(OC)cc1. The molecule has 0 aromatic heterocycles. The lowest BCUT2D eigenvalue weighted by molar-refractivity contribution is -0.139. The first-order chi connectivity index (χ1) is 18.6. The maximum absolute atomic E-state index is 13.9. The van der Waals surface area contributed by atoms with Gasteiger partial charge in [-0.25, -0.2) is 8.42 Å². The fourth-order valence-electron chi connectivity index (χ4n) is 3.94. The second-order valence-electron chi connectivity index (χ2n) is 9.52. The molecule has 208 valence electrons. The average Bonchev–Trinajstić information content (AvgIpc) is 2.95. The summed E-state index contributed by atoms with van der Waals surface area (Å²) in [5.41, 5.74) is 2.25. The van der Waals surface area contributed by atoms with Crippen molar-refractivity contribution in [2.45, 2.75) is 57.6 Å². The Hall–Kier alpha value is -3.85. The predicted octanol–water partition coefficient (Wildman–Crippen LogP) is 4.53. The molecule has 3 aromatic rings. The van der Waals surface area contributed by atoms with E-state index in [1.807, 2.05) is 45.0 Å². The number of methoxy groups -OCH3 is 1. The van der Waals surface area contributed by atoms with Gasteiger partial charge in [0.25, 0.3) is 10.0 Å². The number of para-hydroxylation sites is 1. The highest BCUT2D eigenvalue weighted by Crippen LogP contribution is 2.26. The summed E-state index contributed by atoms with van der Waals surface area (Å²) in [5, 5.41) is 2.93. The van der Waals surface area contributed by atoms with Gasteiger partial charge in [0.05, 0.1) is 17.7 Å². The van der Waals surface area contributed by atoms with Crippen LogP contribution in [0.4, 0.5) is 5.69 Å². The van der Waals surface area contributed by atoms with E-state index in [2.05, 4.69) is 5.32 Å². The molecule has 0 saturated carbocycles. The van der Waals surface area contributed by atoms with Crippen LogP contribution in [0.2, 0.25) is 0 Å². The van der Waals surface area contributed by atoms with Gasteiger partial charge in [-0.05, 0) is 69.2 Å². The second-order valence-corrected chi connectivity index (χ2v) is 11.4. The standard InChI is InChI=1S/C30H37N3O5S/c1-6-23(3)31-30(35)24(4)32(20-25-14-12-22(2)13-15-25)29(34)21-33(26-10-8-7-9-11-26)39(36,37)28-18-16-27(38-5)17-19-28/h7-19,23-24H,6,20-21H2,1-5H3,(H,31,35)/t23-,24-/m0/s1. The third-order valence-electron chi connectivity index (χ3n) is 6.61. The lowest BCUT2D eigenvalue weighted by atomic mass is 10.1.